The highest BCUT2D eigenvalue weighted by molar-refractivity contribution is 5.80. The number of carbonyl (C=O) groups is 1. The zero-order valence-corrected chi connectivity index (χ0v) is 12.1. The van der Waals surface area contributed by atoms with Crippen LogP contribution < -0.4 is 27.6 Å². The van der Waals surface area contributed by atoms with Crippen molar-refractivity contribution in [2.45, 2.75) is 32.7 Å². The fourth-order valence-corrected chi connectivity index (χ4v) is 2.07. The number of carbonyl (C=O) groups excluding carboxylic acids is 1. The van der Waals surface area contributed by atoms with Crippen molar-refractivity contribution in [2.24, 2.45) is 5.92 Å². The van der Waals surface area contributed by atoms with Crippen LogP contribution in [0, 0.1) is 5.92 Å². The Kier molecular flexibility index (Phi) is 4.66. The smallest absolute Gasteiger partial charge is 0.330 e. The van der Waals surface area contributed by atoms with Crippen LogP contribution in [0.15, 0.2) is 9.59 Å². The Balaban J connectivity index is 1.98. The highest BCUT2D eigenvalue weighted by Gasteiger charge is 2.28. The van der Waals surface area contributed by atoms with Gasteiger partial charge < -0.3 is 16.4 Å². The number of rotatable bonds is 7. The van der Waals surface area contributed by atoms with Gasteiger partial charge in [0.1, 0.15) is 11.5 Å². The second kappa shape index (κ2) is 6.47. The average molecular weight is 295 g/mol. The maximum atomic E-state index is 11.8. The maximum Gasteiger partial charge on any atom is 0.330 e. The molecule has 21 heavy (non-hydrogen) atoms. The van der Waals surface area contributed by atoms with Crippen LogP contribution in [0.3, 0.4) is 0 Å². The summed E-state index contributed by atoms with van der Waals surface area (Å²) in [6.45, 7) is 3.13. The average Bonchev–Trinajstić information content (AvgIpc) is 3.26. The lowest BCUT2D eigenvalue weighted by molar-refractivity contribution is -0.122. The van der Waals surface area contributed by atoms with Crippen LogP contribution in [0.1, 0.15) is 26.2 Å². The Bertz CT molecular complexity index is 630. The van der Waals surface area contributed by atoms with Gasteiger partial charge in [-0.05, 0) is 19.3 Å². The number of hydrogen-bond donors (Lipinski definition) is 4. The van der Waals surface area contributed by atoms with Crippen LogP contribution in [-0.2, 0) is 11.3 Å². The second-order valence-electron chi connectivity index (χ2n) is 5.16. The third-order valence-electron chi connectivity index (χ3n) is 3.36. The van der Waals surface area contributed by atoms with E-state index in [1.54, 1.807) is 0 Å². The van der Waals surface area contributed by atoms with Gasteiger partial charge in [-0.25, -0.2) is 4.79 Å². The molecule has 0 spiro atoms. The van der Waals surface area contributed by atoms with Crippen molar-refractivity contribution in [1.82, 2.24) is 14.9 Å². The zero-order valence-electron chi connectivity index (χ0n) is 12.1. The number of nitrogen functional groups attached to an aromatic ring is 1. The summed E-state index contributed by atoms with van der Waals surface area (Å²) in [6, 6.07) is 0. The minimum absolute atomic E-state index is 0.0506. The summed E-state index contributed by atoms with van der Waals surface area (Å²) in [5, 5.41) is 5.66. The van der Waals surface area contributed by atoms with Gasteiger partial charge in [0, 0.05) is 25.6 Å². The number of aromatic nitrogens is 2. The van der Waals surface area contributed by atoms with E-state index >= 15 is 0 Å². The normalized spacial score (nSPS) is 14.0. The number of hydrogen-bond acceptors (Lipinski definition) is 5. The molecule has 0 aliphatic heterocycles. The van der Waals surface area contributed by atoms with E-state index in [1.807, 2.05) is 6.92 Å². The first kappa shape index (κ1) is 15.1. The van der Waals surface area contributed by atoms with Gasteiger partial charge in [0.05, 0.1) is 0 Å². The van der Waals surface area contributed by atoms with E-state index in [9.17, 15) is 14.4 Å². The molecule has 5 N–H and O–H groups in total. The quantitative estimate of drug-likeness (QED) is 0.504. The minimum Gasteiger partial charge on any atom is -0.383 e. The molecule has 8 heteroatoms. The van der Waals surface area contributed by atoms with Crippen molar-refractivity contribution < 1.29 is 4.79 Å². The Morgan fingerprint density at radius 2 is 2.10 bits per heavy atom. The van der Waals surface area contributed by atoms with E-state index in [4.69, 9.17) is 5.73 Å². The molecule has 0 unspecified atom stereocenters. The first-order valence-corrected chi connectivity index (χ1v) is 7.18. The summed E-state index contributed by atoms with van der Waals surface area (Å²) in [4.78, 5) is 37.1. The fraction of sp³-hybridized carbons (Fsp3) is 0.615. The monoisotopic (exact) mass is 295 g/mol. The predicted octanol–water partition coefficient (Wildman–Crippen LogP) is -0.533. The van der Waals surface area contributed by atoms with Crippen LogP contribution >= 0.6 is 0 Å². The molecule has 0 atom stereocenters. The van der Waals surface area contributed by atoms with Crippen LogP contribution in [0.25, 0.3) is 0 Å². The highest BCUT2D eigenvalue weighted by atomic mass is 16.2. The van der Waals surface area contributed by atoms with Gasteiger partial charge in [-0.1, -0.05) is 6.92 Å². The molecule has 2 rings (SSSR count). The molecule has 0 aromatic carbocycles. The molecule has 8 nitrogen and oxygen atoms in total. The van der Waals surface area contributed by atoms with Crippen molar-refractivity contribution in [3.63, 3.8) is 0 Å². The van der Waals surface area contributed by atoms with E-state index in [0.29, 0.717) is 19.6 Å². The van der Waals surface area contributed by atoms with Gasteiger partial charge in [0.2, 0.25) is 5.91 Å². The van der Waals surface area contributed by atoms with Crippen LogP contribution in [0.2, 0.25) is 0 Å². The molecular weight excluding hydrogens is 274 g/mol. The SMILES string of the molecule is CCCn1c(N)c(NCCNC(=O)C2CC2)c(=O)[nH]c1=O. The van der Waals surface area contributed by atoms with E-state index in [1.165, 1.54) is 4.57 Å². The van der Waals surface area contributed by atoms with Crippen LogP contribution in [-0.4, -0.2) is 28.5 Å². The summed E-state index contributed by atoms with van der Waals surface area (Å²) in [5.74, 6) is 0.332. The van der Waals surface area contributed by atoms with E-state index in [-0.39, 0.29) is 23.3 Å². The number of amides is 1. The number of nitrogens with two attached hydrogens (primary N) is 1. The van der Waals surface area contributed by atoms with E-state index in [0.717, 1.165) is 19.3 Å². The number of aromatic amines is 1. The molecule has 0 radical (unpaired) electrons. The Morgan fingerprint density at radius 3 is 2.71 bits per heavy atom. The van der Waals surface area contributed by atoms with Crippen molar-refractivity contribution in [3.8, 4) is 0 Å². The van der Waals surface area contributed by atoms with Crippen LogP contribution in [0.5, 0.6) is 0 Å². The Labute approximate surface area is 121 Å². The Hall–Kier alpha value is -2.25. The van der Waals surface area contributed by atoms with Crippen molar-refractivity contribution >= 4 is 17.4 Å². The molecule has 1 saturated carbocycles. The summed E-state index contributed by atoms with van der Waals surface area (Å²) < 4.78 is 1.33. The molecule has 1 aromatic rings. The number of nitrogens with one attached hydrogen (secondary N) is 3. The van der Waals surface area contributed by atoms with Gasteiger partial charge in [-0.3, -0.25) is 19.1 Å². The number of H-pyrrole nitrogens is 1. The van der Waals surface area contributed by atoms with Crippen LogP contribution in [0.4, 0.5) is 11.5 Å². The van der Waals surface area contributed by atoms with E-state index < -0.39 is 11.2 Å². The van der Waals surface area contributed by atoms with Crippen molar-refractivity contribution in [3.05, 3.63) is 20.8 Å². The summed E-state index contributed by atoms with van der Waals surface area (Å²) >= 11 is 0. The third kappa shape index (κ3) is 3.65. The molecule has 1 heterocycles. The molecule has 1 fully saturated rings. The summed E-state index contributed by atoms with van der Waals surface area (Å²) in [5.41, 5.74) is 4.98. The molecule has 1 aliphatic carbocycles. The van der Waals surface area contributed by atoms with E-state index in [2.05, 4.69) is 15.6 Å². The molecule has 0 saturated heterocycles. The Morgan fingerprint density at radius 1 is 1.38 bits per heavy atom. The van der Waals surface area contributed by atoms with Gasteiger partial charge in [-0.2, -0.15) is 0 Å². The molecule has 1 aliphatic rings. The lowest BCUT2D eigenvalue weighted by atomic mass is 10.4. The lowest BCUT2D eigenvalue weighted by Gasteiger charge is -2.13. The molecule has 0 bridgehead atoms. The maximum absolute atomic E-state index is 11.8. The minimum atomic E-state index is -0.543. The van der Waals surface area contributed by atoms with Gasteiger partial charge in [-0.15, -0.1) is 0 Å². The fourth-order valence-electron chi connectivity index (χ4n) is 2.07. The predicted molar refractivity (Wildman–Crippen MR) is 80.2 cm³/mol. The summed E-state index contributed by atoms with van der Waals surface area (Å²) in [7, 11) is 0. The van der Waals surface area contributed by atoms with Crippen molar-refractivity contribution in [2.75, 3.05) is 24.1 Å². The second-order valence-corrected chi connectivity index (χ2v) is 5.16. The van der Waals surface area contributed by atoms with Gasteiger partial charge >= 0.3 is 5.69 Å². The van der Waals surface area contributed by atoms with Gasteiger partial charge in [0.15, 0.2) is 0 Å². The van der Waals surface area contributed by atoms with Gasteiger partial charge in [0.25, 0.3) is 5.56 Å². The molecular formula is C13H21N5O3. The number of anilines is 2. The molecule has 1 amide bonds. The standard InChI is InChI=1S/C13H21N5O3/c1-2-7-18-10(14)9(12(20)17-13(18)21)15-5-6-16-11(19)8-3-4-8/h8,15H,2-7,14H2,1H3,(H,16,19)(H,17,20,21). The summed E-state index contributed by atoms with van der Waals surface area (Å²) in [6.07, 6.45) is 2.63. The lowest BCUT2D eigenvalue weighted by Crippen LogP contribution is -2.36. The first-order chi connectivity index (χ1) is 10.0. The van der Waals surface area contributed by atoms with Crippen molar-refractivity contribution in [1.29, 1.82) is 0 Å². The zero-order chi connectivity index (χ0) is 15.4. The highest BCUT2D eigenvalue weighted by Crippen LogP contribution is 2.28. The first-order valence-electron chi connectivity index (χ1n) is 7.18. The molecule has 116 valence electrons. The topological polar surface area (TPSA) is 122 Å². The third-order valence-corrected chi connectivity index (χ3v) is 3.36. The molecule has 1 aromatic heterocycles. The largest absolute Gasteiger partial charge is 0.383 e. The number of nitrogens with zero attached hydrogens (tertiary/aromatic N) is 1.